The van der Waals surface area contributed by atoms with Crippen LogP contribution in [0.15, 0.2) is 11.4 Å². The molecule has 19 heavy (non-hydrogen) atoms. The third-order valence-corrected chi connectivity index (χ3v) is 5.22. The molecule has 1 aromatic heterocycles. The van der Waals surface area contributed by atoms with Gasteiger partial charge in [-0.15, -0.1) is 11.3 Å². The topological polar surface area (TPSA) is 32.3 Å². The van der Waals surface area contributed by atoms with E-state index in [1.807, 2.05) is 11.4 Å². The van der Waals surface area contributed by atoms with Crippen LogP contribution in [0, 0.1) is 8.80 Å². The molecule has 1 fully saturated rings. The van der Waals surface area contributed by atoms with E-state index < -0.39 is 0 Å². The quantitative estimate of drug-likeness (QED) is 0.781. The summed E-state index contributed by atoms with van der Waals surface area (Å²) in [5, 5.41) is 5.01. The van der Waals surface area contributed by atoms with E-state index in [0.717, 1.165) is 21.5 Å². The van der Waals surface area contributed by atoms with Gasteiger partial charge in [-0.2, -0.15) is 0 Å². The van der Waals surface area contributed by atoms with Gasteiger partial charge in [0.15, 0.2) is 0 Å². The Morgan fingerprint density at radius 3 is 3.05 bits per heavy atom. The van der Waals surface area contributed by atoms with Gasteiger partial charge in [0.05, 0.1) is 8.45 Å². The molecule has 0 bridgehead atoms. The zero-order valence-electron chi connectivity index (χ0n) is 11.5. The first-order valence-corrected chi connectivity index (χ1v) is 8.78. The molecule has 2 rings (SSSR count). The molecule has 1 aliphatic rings. The summed E-state index contributed by atoms with van der Waals surface area (Å²) in [7, 11) is 0. The number of thiophene rings is 1. The van der Waals surface area contributed by atoms with E-state index in [4.69, 9.17) is 0 Å². The van der Waals surface area contributed by atoms with Crippen LogP contribution in [0.1, 0.15) is 37.0 Å². The molecule has 1 aromatic rings. The van der Waals surface area contributed by atoms with Crippen LogP contribution in [-0.4, -0.2) is 36.5 Å². The summed E-state index contributed by atoms with van der Waals surface area (Å²) in [5.41, 5.74) is 0.794. The fraction of sp³-hybridized carbons (Fsp3) is 0.643. The lowest BCUT2D eigenvalue weighted by Crippen LogP contribution is -2.41. The van der Waals surface area contributed by atoms with Crippen LogP contribution in [0.2, 0.25) is 0 Å². The van der Waals surface area contributed by atoms with Crippen LogP contribution in [0.5, 0.6) is 0 Å². The van der Waals surface area contributed by atoms with Gasteiger partial charge in [0.2, 0.25) is 0 Å². The Balaban J connectivity index is 1.83. The zero-order valence-corrected chi connectivity index (χ0v) is 14.5. The van der Waals surface area contributed by atoms with Crippen molar-refractivity contribution in [2.45, 2.75) is 32.7 Å². The van der Waals surface area contributed by atoms with Crippen molar-refractivity contribution in [3.63, 3.8) is 0 Å². The monoisotopic (exact) mass is 392 g/mol. The minimum atomic E-state index is 0.0653. The van der Waals surface area contributed by atoms with Gasteiger partial charge in [-0.25, -0.2) is 0 Å². The number of halogens is 1. The number of carbonyl (C=O) groups is 1. The maximum atomic E-state index is 12.0. The lowest BCUT2D eigenvalue weighted by atomic mass is 10.1. The molecule has 0 radical (unpaired) electrons. The van der Waals surface area contributed by atoms with Crippen LogP contribution in [0.25, 0.3) is 0 Å². The van der Waals surface area contributed by atoms with E-state index in [2.05, 4.69) is 46.7 Å². The van der Waals surface area contributed by atoms with Gasteiger partial charge >= 0.3 is 0 Å². The summed E-state index contributed by atoms with van der Waals surface area (Å²) in [4.78, 5) is 14.5. The number of rotatable bonds is 5. The third-order valence-electron chi connectivity index (χ3n) is 3.43. The van der Waals surface area contributed by atoms with Gasteiger partial charge in [-0.3, -0.25) is 9.69 Å². The van der Waals surface area contributed by atoms with Gasteiger partial charge in [0.25, 0.3) is 5.91 Å². The lowest BCUT2D eigenvalue weighted by molar-refractivity contribution is 0.0939. The van der Waals surface area contributed by atoms with Gasteiger partial charge in [0.1, 0.15) is 0 Å². The summed E-state index contributed by atoms with van der Waals surface area (Å²) in [6.45, 7) is 7.59. The second-order valence-corrected chi connectivity index (χ2v) is 8.34. The van der Waals surface area contributed by atoms with E-state index in [1.54, 1.807) is 11.3 Å². The highest BCUT2D eigenvalue weighted by Crippen LogP contribution is 2.19. The summed E-state index contributed by atoms with van der Waals surface area (Å²) >= 11 is 3.86. The maximum Gasteiger partial charge on any atom is 0.252 e. The predicted molar refractivity (Wildman–Crippen MR) is 88.8 cm³/mol. The van der Waals surface area contributed by atoms with Crippen molar-refractivity contribution in [1.82, 2.24) is 10.2 Å². The van der Waals surface area contributed by atoms with Gasteiger partial charge in [-0.1, -0.05) is 13.8 Å². The summed E-state index contributed by atoms with van der Waals surface area (Å²) in [6.07, 6.45) is 2.46. The molecular weight excluding hydrogens is 371 g/mol. The highest BCUT2D eigenvalue weighted by molar-refractivity contribution is 14.1. The SMILES string of the molecule is CC(C)CN1CCC[C@@H]1CNC(=O)c1csc(I)c1. The molecule has 1 N–H and O–H groups in total. The molecule has 1 aliphatic heterocycles. The zero-order chi connectivity index (χ0) is 13.8. The number of amides is 1. The fourth-order valence-corrected chi connectivity index (χ4v) is 3.90. The molecule has 0 aliphatic carbocycles. The minimum Gasteiger partial charge on any atom is -0.350 e. The van der Waals surface area contributed by atoms with E-state index in [9.17, 15) is 4.79 Å². The first-order chi connectivity index (χ1) is 9.06. The van der Waals surface area contributed by atoms with Crippen LogP contribution in [0.4, 0.5) is 0 Å². The number of nitrogens with one attached hydrogen (secondary N) is 1. The maximum absolute atomic E-state index is 12.0. The van der Waals surface area contributed by atoms with E-state index in [-0.39, 0.29) is 5.91 Å². The van der Waals surface area contributed by atoms with Crippen molar-refractivity contribution >= 4 is 39.8 Å². The smallest absolute Gasteiger partial charge is 0.252 e. The van der Waals surface area contributed by atoms with Crippen LogP contribution in [0.3, 0.4) is 0 Å². The summed E-state index contributed by atoms with van der Waals surface area (Å²) < 4.78 is 1.16. The predicted octanol–water partition coefficient (Wildman–Crippen LogP) is 3.20. The Labute approximate surface area is 132 Å². The number of hydrogen-bond acceptors (Lipinski definition) is 3. The highest BCUT2D eigenvalue weighted by atomic mass is 127. The first kappa shape index (κ1) is 15.3. The molecule has 0 unspecified atom stereocenters. The number of likely N-dealkylation sites (tertiary alicyclic amines) is 1. The molecule has 3 nitrogen and oxygen atoms in total. The first-order valence-electron chi connectivity index (χ1n) is 6.82. The van der Waals surface area contributed by atoms with Crippen molar-refractivity contribution in [2.24, 2.45) is 5.92 Å². The third kappa shape index (κ3) is 4.43. The van der Waals surface area contributed by atoms with E-state index in [1.165, 1.54) is 19.4 Å². The Kier molecular flexibility index (Phi) is 5.65. The molecule has 5 heteroatoms. The van der Waals surface area contributed by atoms with Gasteiger partial charge in [-0.05, 0) is 54.0 Å². The molecule has 0 spiro atoms. The lowest BCUT2D eigenvalue weighted by Gasteiger charge is -2.26. The Hall–Kier alpha value is -0.140. The van der Waals surface area contributed by atoms with Crippen molar-refractivity contribution in [3.05, 3.63) is 19.9 Å². The average Bonchev–Trinajstić information content (AvgIpc) is 2.95. The Morgan fingerprint density at radius 1 is 1.63 bits per heavy atom. The summed E-state index contributed by atoms with van der Waals surface area (Å²) in [5.74, 6) is 0.755. The molecule has 2 heterocycles. The molecule has 0 aromatic carbocycles. The number of carbonyl (C=O) groups excluding carboxylic acids is 1. The molecular formula is C14H21IN2OS. The molecule has 1 amide bonds. The van der Waals surface area contributed by atoms with Crippen LogP contribution < -0.4 is 5.32 Å². The Morgan fingerprint density at radius 2 is 2.42 bits per heavy atom. The fourth-order valence-electron chi connectivity index (χ4n) is 2.58. The highest BCUT2D eigenvalue weighted by Gasteiger charge is 2.25. The van der Waals surface area contributed by atoms with Crippen molar-refractivity contribution in [1.29, 1.82) is 0 Å². The van der Waals surface area contributed by atoms with Crippen LogP contribution >= 0.6 is 33.9 Å². The second-order valence-electron chi connectivity index (χ2n) is 5.53. The second kappa shape index (κ2) is 7.04. The van der Waals surface area contributed by atoms with Crippen molar-refractivity contribution < 1.29 is 4.79 Å². The number of nitrogens with zero attached hydrogens (tertiary/aromatic N) is 1. The van der Waals surface area contributed by atoms with E-state index >= 15 is 0 Å². The summed E-state index contributed by atoms with van der Waals surface area (Å²) in [6, 6.07) is 2.46. The van der Waals surface area contributed by atoms with Gasteiger partial charge in [0, 0.05) is 24.5 Å². The van der Waals surface area contributed by atoms with Crippen molar-refractivity contribution in [2.75, 3.05) is 19.6 Å². The Bertz CT molecular complexity index is 433. The largest absolute Gasteiger partial charge is 0.350 e. The standard InChI is InChI=1S/C14H21IN2OS/c1-10(2)8-17-5-3-4-12(17)7-16-14(18)11-6-13(15)19-9-11/h6,9-10,12H,3-5,7-8H2,1-2H3,(H,16,18)/t12-/m1/s1. The normalized spacial score (nSPS) is 20.1. The van der Waals surface area contributed by atoms with Crippen LogP contribution in [-0.2, 0) is 0 Å². The number of hydrogen-bond donors (Lipinski definition) is 1. The molecule has 0 saturated carbocycles. The van der Waals surface area contributed by atoms with E-state index in [0.29, 0.717) is 12.0 Å². The molecule has 1 atom stereocenters. The van der Waals surface area contributed by atoms with Gasteiger partial charge < -0.3 is 5.32 Å². The molecule has 1 saturated heterocycles. The molecule has 106 valence electrons. The average molecular weight is 392 g/mol. The minimum absolute atomic E-state index is 0.0653. The van der Waals surface area contributed by atoms with Crippen molar-refractivity contribution in [3.8, 4) is 0 Å².